The molecule has 11 nitrogen and oxygen atoms in total. The third-order valence-electron chi connectivity index (χ3n) is 3.78. The number of aliphatic hydroxyl groups is 1. The van der Waals surface area contributed by atoms with Crippen LogP contribution in [0.25, 0.3) is 0 Å². The van der Waals surface area contributed by atoms with Crippen LogP contribution >= 0.6 is 0 Å². The average Bonchev–Trinajstić information content (AvgIpc) is 2.66. The van der Waals surface area contributed by atoms with Crippen LogP contribution < -0.4 is 20.1 Å². The van der Waals surface area contributed by atoms with Crippen LogP contribution in [0.1, 0.15) is 0 Å². The van der Waals surface area contributed by atoms with Crippen LogP contribution in [0.5, 0.6) is 5.75 Å². The maximum absolute atomic E-state index is 12.8. The normalized spacial score (nSPS) is 13.1. The Balaban J connectivity index is 1.95. The first-order valence-electron chi connectivity index (χ1n) is 8.03. The van der Waals surface area contributed by atoms with E-state index in [2.05, 4.69) is 15.4 Å². The molecule has 3 rings (SSSR count). The molecule has 2 aromatic carbocycles. The highest BCUT2D eigenvalue weighted by atomic mass is 32.2. The van der Waals surface area contributed by atoms with E-state index in [1.165, 1.54) is 30.3 Å². The quantitative estimate of drug-likeness (QED) is 0.392. The van der Waals surface area contributed by atoms with Gasteiger partial charge in [0.25, 0.3) is 21.6 Å². The van der Waals surface area contributed by atoms with Crippen molar-refractivity contribution in [1.82, 2.24) is 0 Å². The third-order valence-corrected chi connectivity index (χ3v) is 5.14. The smallest absolute Gasteiger partial charge is 0.271 e. The second-order valence-electron chi connectivity index (χ2n) is 5.74. The highest BCUT2D eigenvalue weighted by Gasteiger charge is 2.22. The number of carbonyl (C=O) groups excluding carboxylic acids is 1. The monoisotopic (exact) mass is 408 g/mol. The van der Waals surface area contributed by atoms with Crippen molar-refractivity contribution in [3.8, 4) is 5.75 Å². The number of sulfonamides is 1. The number of amides is 1. The maximum atomic E-state index is 12.8. The summed E-state index contributed by atoms with van der Waals surface area (Å²) in [7, 11) is -4.14. The molecule has 1 amide bonds. The highest BCUT2D eigenvalue weighted by Crippen LogP contribution is 2.33. The van der Waals surface area contributed by atoms with Crippen molar-refractivity contribution in [2.24, 2.45) is 0 Å². The summed E-state index contributed by atoms with van der Waals surface area (Å²) in [5.41, 5.74) is 0.105. The molecule has 0 spiro atoms. The van der Waals surface area contributed by atoms with Crippen molar-refractivity contribution >= 4 is 38.7 Å². The van der Waals surface area contributed by atoms with E-state index >= 15 is 0 Å². The zero-order valence-corrected chi connectivity index (χ0v) is 15.2. The second-order valence-corrected chi connectivity index (χ2v) is 7.42. The van der Waals surface area contributed by atoms with Gasteiger partial charge in [0.15, 0.2) is 6.61 Å². The minimum absolute atomic E-state index is 0.0549. The van der Waals surface area contributed by atoms with Crippen LogP contribution in [0, 0.1) is 10.1 Å². The summed E-state index contributed by atoms with van der Waals surface area (Å²) in [6.45, 7) is -0.257. The first-order chi connectivity index (χ1) is 13.3. The molecular formula is C16H16N4O7S. The number of hydrogen-bond acceptors (Lipinski definition) is 8. The standard InChI is InChI=1S/C16H16N4O7S/c21-6-5-17-12-3-1-10(20(23)24)7-13(12)19-28(25,26)11-2-4-15-14(8-11)18-16(22)9-27-15/h1-4,7-8,17,19,21H,5-6,9H2,(H,18,22). The van der Waals surface area contributed by atoms with Gasteiger partial charge in [0, 0.05) is 18.7 Å². The number of nitro groups is 1. The molecule has 0 fully saturated rings. The minimum Gasteiger partial charge on any atom is -0.482 e. The molecule has 1 aliphatic rings. The van der Waals surface area contributed by atoms with Crippen molar-refractivity contribution in [3.63, 3.8) is 0 Å². The summed E-state index contributed by atoms with van der Waals surface area (Å²) >= 11 is 0. The van der Waals surface area contributed by atoms with Gasteiger partial charge in [0.2, 0.25) is 0 Å². The van der Waals surface area contributed by atoms with Gasteiger partial charge in [0.05, 0.1) is 33.5 Å². The van der Waals surface area contributed by atoms with E-state index in [1.54, 1.807) is 0 Å². The predicted octanol–water partition coefficient (Wildman–Crippen LogP) is 1.13. The molecular weight excluding hydrogens is 392 g/mol. The molecule has 1 heterocycles. The number of anilines is 3. The van der Waals surface area contributed by atoms with Gasteiger partial charge in [-0.25, -0.2) is 8.42 Å². The summed E-state index contributed by atoms with van der Waals surface area (Å²) < 4.78 is 33.0. The molecule has 28 heavy (non-hydrogen) atoms. The fraction of sp³-hybridized carbons (Fsp3) is 0.188. The lowest BCUT2D eigenvalue weighted by atomic mass is 10.2. The SMILES string of the molecule is O=C1COc2ccc(S(=O)(=O)Nc3cc([N+](=O)[O-])ccc3NCCO)cc2N1. The fourth-order valence-corrected chi connectivity index (χ4v) is 3.60. The summed E-state index contributed by atoms with van der Waals surface area (Å²) in [5.74, 6) is -0.0802. The van der Waals surface area contributed by atoms with Gasteiger partial charge < -0.3 is 20.5 Å². The Hall–Kier alpha value is -3.38. The van der Waals surface area contributed by atoms with Gasteiger partial charge in [-0.15, -0.1) is 0 Å². The average molecular weight is 408 g/mol. The Kier molecular flexibility index (Phi) is 5.33. The zero-order valence-electron chi connectivity index (χ0n) is 14.3. The molecule has 0 atom stereocenters. The van der Waals surface area contributed by atoms with Gasteiger partial charge in [-0.2, -0.15) is 0 Å². The van der Waals surface area contributed by atoms with E-state index in [-0.39, 0.29) is 47.4 Å². The highest BCUT2D eigenvalue weighted by molar-refractivity contribution is 7.92. The van der Waals surface area contributed by atoms with E-state index < -0.39 is 20.9 Å². The first kappa shape index (κ1) is 19.4. The molecule has 12 heteroatoms. The molecule has 148 valence electrons. The van der Waals surface area contributed by atoms with Crippen molar-refractivity contribution in [3.05, 3.63) is 46.5 Å². The molecule has 0 saturated carbocycles. The van der Waals surface area contributed by atoms with Gasteiger partial charge in [0.1, 0.15) is 5.75 Å². The molecule has 0 bridgehead atoms. The molecule has 0 unspecified atom stereocenters. The van der Waals surface area contributed by atoms with E-state index in [1.807, 2.05) is 0 Å². The largest absolute Gasteiger partial charge is 0.482 e. The summed E-state index contributed by atoms with van der Waals surface area (Å²) in [6, 6.07) is 7.54. The third kappa shape index (κ3) is 4.13. The number of hydrogen-bond donors (Lipinski definition) is 4. The predicted molar refractivity (Wildman–Crippen MR) is 100 cm³/mol. The Morgan fingerprint density at radius 3 is 2.71 bits per heavy atom. The van der Waals surface area contributed by atoms with Crippen LogP contribution in [-0.4, -0.2) is 44.1 Å². The summed E-state index contributed by atoms with van der Waals surface area (Å²) in [5, 5.41) is 25.3. The maximum Gasteiger partial charge on any atom is 0.271 e. The molecule has 0 aliphatic carbocycles. The number of nitrogens with one attached hydrogen (secondary N) is 3. The number of aliphatic hydroxyl groups excluding tert-OH is 1. The summed E-state index contributed by atoms with van der Waals surface area (Å²) in [6.07, 6.45) is 0. The van der Waals surface area contributed by atoms with E-state index in [9.17, 15) is 23.3 Å². The molecule has 0 aromatic heterocycles. The molecule has 4 N–H and O–H groups in total. The molecule has 0 radical (unpaired) electrons. The van der Waals surface area contributed by atoms with E-state index in [4.69, 9.17) is 9.84 Å². The van der Waals surface area contributed by atoms with Crippen molar-refractivity contribution in [1.29, 1.82) is 0 Å². The number of non-ortho nitro benzene ring substituents is 1. The number of nitro benzene ring substituents is 1. The topological polar surface area (TPSA) is 160 Å². The van der Waals surface area contributed by atoms with Gasteiger partial charge in [-0.3, -0.25) is 19.6 Å². The Morgan fingerprint density at radius 2 is 2.00 bits per heavy atom. The Bertz CT molecular complexity index is 1040. The van der Waals surface area contributed by atoms with Gasteiger partial charge in [-0.05, 0) is 24.3 Å². The number of ether oxygens (including phenoxy) is 1. The van der Waals surface area contributed by atoms with Crippen LogP contribution in [-0.2, 0) is 14.8 Å². The van der Waals surface area contributed by atoms with Crippen LogP contribution in [0.3, 0.4) is 0 Å². The van der Waals surface area contributed by atoms with Crippen molar-refractivity contribution in [2.75, 3.05) is 35.1 Å². The van der Waals surface area contributed by atoms with Crippen LogP contribution in [0.4, 0.5) is 22.7 Å². The second kappa shape index (κ2) is 7.70. The molecule has 2 aromatic rings. The van der Waals surface area contributed by atoms with Crippen molar-refractivity contribution < 1.29 is 28.0 Å². The molecule has 0 saturated heterocycles. The van der Waals surface area contributed by atoms with Crippen LogP contribution in [0.15, 0.2) is 41.3 Å². The number of nitrogens with zero attached hydrogens (tertiary/aromatic N) is 1. The number of rotatable bonds is 7. The number of carbonyl (C=O) groups is 1. The molecule has 1 aliphatic heterocycles. The van der Waals surface area contributed by atoms with E-state index in [0.29, 0.717) is 5.75 Å². The Morgan fingerprint density at radius 1 is 1.21 bits per heavy atom. The van der Waals surface area contributed by atoms with Crippen LogP contribution in [0.2, 0.25) is 0 Å². The zero-order chi connectivity index (χ0) is 20.3. The number of benzene rings is 2. The fourth-order valence-electron chi connectivity index (χ4n) is 2.51. The first-order valence-corrected chi connectivity index (χ1v) is 9.51. The Labute approximate surface area is 159 Å². The summed E-state index contributed by atoms with van der Waals surface area (Å²) in [4.78, 5) is 21.6. The lowest BCUT2D eigenvalue weighted by Crippen LogP contribution is -2.25. The number of fused-ring (bicyclic) bond motifs is 1. The van der Waals surface area contributed by atoms with Crippen molar-refractivity contribution in [2.45, 2.75) is 4.90 Å². The minimum atomic E-state index is -4.14. The van der Waals surface area contributed by atoms with Gasteiger partial charge >= 0.3 is 0 Å². The van der Waals surface area contributed by atoms with E-state index in [0.717, 1.165) is 6.07 Å². The lowest BCUT2D eigenvalue weighted by Gasteiger charge is -2.19. The lowest BCUT2D eigenvalue weighted by molar-refractivity contribution is -0.384. The van der Waals surface area contributed by atoms with Gasteiger partial charge in [-0.1, -0.05) is 0 Å².